The maximum absolute atomic E-state index is 4.45. The summed E-state index contributed by atoms with van der Waals surface area (Å²) in [5, 5.41) is 0. The van der Waals surface area contributed by atoms with Gasteiger partial charge in [-0.25, -0.2) is 0 Å². The molecule has 0 aromatic rings. The van der Waals surface area contributed by atoms with Gasteiger partial charge in [-0.2, -0.15) is 0 Å². The van der Waals surface area contributed by atoms with Crippen LogP contribution in [-0.4, -0.2) is 0 Å². The molecule has 0 radical (unpaired) electrons. The standard InChI is InChI=1S/2Ag.BrI.ClH.HI/c;;1-2;;/h;;;2*1H/q2*+1;;;/p-2. The molecule has 0 spiro atoms. The van der Waals surface area contributed by atoms with Gasteiger partial charge in [-0.1, -0.05) is 0 Å². The summed E-state index contributed by atoms with van der Waals surface area (Å²) >= 11 is 12.2. The summed E-state index contributed by atoms with van der Waals surface area (Å²) in [6.07, 6.45) is 0. The zero-order valence-electron chi connectivity index (χ0n) is 2.11. The average molecular weight is 585 g/mol. The second-order valence-electron chi connectivity index (χ2n) is 0. The molecule has 0 heterocycles. The van der Waals surface area contributed by atoms with Crippen LogP contribution in [0.25, 0.3) is 0 Å². The van der Waals surface area contributed by atoms with E-state index in [1.807, 2.05) is 39.4 Å². The molecule has 0 saturated heterocycles. The van der Waals surface area contributed by atoms with Crippen LogP contribution in [-0.2, 0) is 37.2 Å². The molecule has 0 N–H and O–H groups in total. The summed E-state index contributed by atoms with van der Waals surface area (Å²) < 4.78 is 0. The van der Waals surface area contributed by atoms with Gasteiger partial charge >= 0.3 is 65.4 Å². The van der Waals surface area contributed by atoms with E-state index in [1.165, 1.54) is 0 Å². The Morgan fingerprint density at radius 2 is 1.17 bits per heavy atom. The predicted molar refractivity (Wildman–Crippen MR) is 42.8 cm³/mol. The first-order valence-corrected chi connectivity index (χ1v) is 11.5. The van der Waals surface area contributed by atoms with E-state index in [-0.39, 0.29) is 0 Å². The van der Waals surface area contributed by atoms with Crippen LogP contribution in [0.2, 0.25) is 0 Å². The molecule has 0 aromatic carbocycles. The second-order valence-corrected chi connectivity index (χ2v) is 0. The third kappa shape index (κ3) is 25.2. The fourth-order valence-electron chi connectivity index (χ4n) is 0. The predicted octanol–water partition coefficient (Wildman–Crippen LogP) is 3.30. The molecule has 0 aliphatic rings. The fraction of sp³-hybridized carbons (Fsp3) is 0. The van der Waals surface area contributed by atoms with Gasteiger partial charge in [0, 0.05) is 20.4 Å². The van der Waals surface area contributed by atoms with Crippen molar-refractivity contribution in [2.24, 2.45) is 0 Å². The van der Waals surface area contributed by atoms with Crippen molar-refractivity contribution in [1.82, 2.24) is 0 Å². The van der Waals surface area contributed by atoms with Crippen molar-refractivity contribution in [3.63, 3.8) is 0 Å². The van der Waals surface area contributed by atoms with Crippen LogP contribution in [0.5, 0.6) is 0 Å². The summed E-state index contributed by atoms with van der Waals surface area (Å²) in [7, 11) is 4.45. The third-order valence-electron chi connectivity index (χ3n) is 0. The number of rotatable bonds is 0. The van der Waals surface area contributed by atoms with Gasteiger partial charge in [0.1, 0.15) is 0 Å². The van der Waals surface area contributed by atoms with Gasteiger partial charge in [0.15, 0.2) is 0 Å². The first-order chi connectivity index (χ1) is 3.00. The SMILES string of the molecule is BrI.[Ag][I].[Cl][Ag]. The van der Waals surface area contributed by atoms with Crippen molar-refractivity contribution >= 4 is 61.3 Å². The summed E-state index contributed by atoms with van der Waals surface area (Å²) in [5.74, 6) is 0. The van der Waals surface area contributed by atoms with E-state index in [4.69, 9.17) is 0 Å². The third-order valence-corrected chi connectivity index (χ3v) is 0. The van der Waals surface area contributed by atoms with Crippen molar-refractivity contribution in [1.29, 1.82) is 0 Å². The first-order valence-electron chi connectivity index (χ1n) is 0.371. The molecule has 50 valence electrons. The van der Waals surface area contributed by atoms with Gasteiger partial charge in [-0.05, 0) is 12.7 Å². The van der Waals surface area contributed by atoms with E-state index in [2.05, 4.69) is 59.1 Å². The van der Waals surface area contributed by atoms with Crippen LogP contribution < -0.4 is 0 Å². The van der Waals surface area contributed by atoms with Crippen LogP contribution in [0, 0.1) is 0 Å². The van der Waals surface area contributed by atoms with Gasteiger partial charge in [0.2, 0.25) is 0 Å². The molecule has 0 amide bonds. The summed E-state index contributed by atoms with van der Waals surface area (Å²) in [4.78, 5) is 0. The Morgan fingerprint density at radius 1 is 1.17 bits per heavy atom. The topological polar surface area (TPSA) is 0 Å². The zero-order valence-corrected chi connectivity index (χ0v) is 11.7. The Bertz CT molecular complexity index is 11.5. The Morgan fingerprint density at radius 3 is 1.17 bits per heavy atom. The van der Waals surface area contributed by atoms with E-state index in [0.717, 1.165) is 0 Å². The monoisotopic (exact) mass is 582 g/mol. The minimum absolute atomic E-state index is 1.96. The second kappa shape index (κ2) is 37.6. The van der Waals surface area contributed by atoms with Crippen molar-refractivity contribution in [2.45, 2.75) is 0 Å². The average Bonchev–Trinajstić information content (AvgIpc) is 1.81. The van der Waals surface area contributed by atoms with Crippen LogP contribution in [0.3, 0.4) is 0 Å². The van der Waals surface area contributed by atoms with Gasteiger partial charge < -0.3 is 0 Å². The number of halogens is 4. The number of hydrogen-bond acceptors (Lipinski definition) is 0. The van der Waals surface area contributed by atoms with E-state index in [0.29, 0.717) is 0 Å². The normalized spacial score (nSPS) is 3.33. The quantitative estimate of drug-likeness (QED) is 0.303. The molecule has 0 rings (SSSR count). The summed E-state index contributed by atoms with van der Waals surface area (Å²) in [6.45, 7) is 0. The molecular formula is Ag2BrClI2. The van der Waals surface area contributed by atoms with E-state index in [9.17, 15) is 0 Å². The number of hydrogen-bond donors (Lipinski definition) is 0. The Labute approximate surface area is 96.0 Å². The molecule has 6 heavy (non-hydrogen) atoms. The molecule has 0 aromatic heterocycles. The van der Waals surface area contributed by atoms with E-state index in [1.54, 1.807) is 0 Å². The minimum atomic E-state index is 1.96. The molecule has 0 atom stereocenters. The zero-order chi connectivity index (χ0) is 6.00. The Kier molecular flexibility index (Phi) is 103. The molecule has 0 nitrogen and oxygen atoms in total. The van der Waals surface area contributed by atoms with Gasteiger partial charge in [-0.15, -0.1) is 0 Å². The van der Waals surface area contributed by atoms with E-state index >= 15 is 0 Å². The molecular weight excluding hydrogens is 585 g/mol. The van der Waals surface area contributed by atoms with E-state index < -0.39 is 0 Å². The fourth-order valence-corrected chi connectivity index (χ4v) is 0. The van der Waals surface area contributed by atoms with Crippen LogP contribution in [0.15, 0.2) is 0 Å². The molecule has 0 fully saturated rings. The van der Waals surface area contributed by atoms with Gasteiger partial charge in [0.25, 0.3) is 0 Å². The molecule has 0 saturated carbocycles. The van der Waals surface area contributed by atoms with Crippen LogP contribution >= 0.6 is 61.3 Å². The van der Waals surface area contributed by atoms with Crippen molar-refractivity contribution in [3.8, 4) is 0 Å². The maximum atomic E-state index is 4.45. The van der Waals surface area contributed by atoms with Crippen molar-refractivity contribution < 1.29 is 37.2 Å². The Hall–Kier alpha value is 3.71. The molecule has 0 bridgehead atoms. The van der Waals surface area contributed by atoms with Gasteiger partial charge in [-0.3, -0.25) is 0 Å². The van der Waals surface area contributed by atoms with Crippen molar-refractivity contribution in [3.05, 3.63) is 0 Å². The molecule has 0 aliphatic heterocycles. The molecule has 6 heteroatoms. The van der Waals surface area contributed by atoms with Gasteiger partial charge in [0.05, 0.1) is 0 Å². The van der Waals surface area contributed by atoms with Crippen LogP contribution in [0.4, 0.5) is 0 Å². The summed E-state index contributed by atoms with van der Waals surface area (Å²) in [5.41, 5.74) is 0. The molecule has 0 unspecified atom stereocenters. The van der Waals surface area contributed by atoms with Crippen molar-refractivity contribution in [2.75, 3.05) is 0 Å². The first kappa shape index (κ1) is 16.4. The molecule has 0 aliphatic carbocycles. The summed E-state index contributed by atoms with van der Waals surface area (Å²) in [6, 6.07) is 0. The van der Waals surface area contributed by atoms with Crippen LogP contribution in [0.1, 0.15) is 0 Å². The Balaban J connectivity index is -0.0000000225.